The molecule has 2 aromatic rings. The van der Waals surface area contributed by atoms with Crippen LogP contribution >= 0.6 is 11.6 Å². The molecule has 2 rings (SSSR count). The number of hydrazone groups is 1. The number of aryl methyl sites for hydroxylation is 1. The summed E-state index contributed by atoms with van der Waals surface area (Å²) in [5.41, 5.74) is 4.45. The van der Waals surface area contributed by atoms with Crippen LogP contribution in [-0.4, -0.2) is 38.4 Å². The summed E-state index contributed by atoms with van der Waals surface area (Å²) >= 11 is 6.25. The Kier molecular flexibility index (Phi) is 7.83. The molecule has 1 N–H and O–H groups in total. The molecule has 0 aliphatic carbocycles. The summed E-state index contributed by atoms with van der Waals surface area (Å²) in [4.78, 5) is 23.5. The third-order valence-electron chi connectivity index (χ3n) is 3.66. The third kappa shape index (κ3) is 5.72. The second-order valence-electron chi connectivity index (χ2n) is 5.64. The van der Waals surface area contributed by atoms with E-state index in [1.54, 1.807) is 31.2 Å². The average Bonchev–Trinajstić information content (AvgIpc) is 2.67. The van der Waals surface area contributed by atoms with E-state index < -0.39 is 5.97 Å². The molecule has 0 saturated carbocycles. The first kappa shape index (κ1) is 21.2. The van der Waals surface area contributed by atoms with Gasteiger partial charge in [-0.25, -0.2) is 10.2 Å². The fourth-order valence-corrected chi connectivity index (χ4v) is 2.58. The Morgan fingerprint density at radius 2 is 1.96 bits per heavy atom. The van der Waals surface area contributed by atoms with E-state index in [2.05, 4.69) is 15.3 Å². The number of nitrogens with one attached hydrogen (secondary N) is 1. The van der Waals surface area contributed by atoms with Gasteiger partial charge in [0, 0.05) is 5.56 Å². The van der Waals surface area contributed by atoms with Crippen molar-refractivity contribution in [2.45, 2.75) is 13.8 Å². The van der Waals surface area contributed by atoms with Crippen LogP contribution in [0.15, 0.2) is 41.5 Å². The van der Waals surface area contributed by atoms with Gasteiger partial charge in [-0.2, -0.15) is 5.10 Å². The van der Waals surface area contributed by atoms with Crippen molar-refractivity contribution in [3.63, 3.8) is 0 Å². The number of methoxy groups -OCH3 is 1. The van der Waals surface area contributed by atoms with Gasteiger partial charge in [-0.15, -0.1) is 0 Å². The number of amides is 1. The van der Waals surface area contributed by atoms with Gasteiger partial charge in [-0.1, -0.05) is 29.8 Å². The SMILES string of the molecule is CCOc1cc(/C=N/NC(=O)c2ccccc2C)cc(Cl)c1OCC(=O)OC. The van der Waals surface area contributed by atoms with E-state index in [4.69, 9.17) is 21.1 Å². The van der Waals surface area contributed by atoms with Crippen molar-refractivity contribution < 1.29 is 23.8 Å². The molecule has 0 fully saturated rings. The van der Waals surface area contributed by atoms with Crippen LogP contribution in [0.2, 0.25) is 5.02 Å². The molecule has 8 heteroatoms. The van der Waals surface area contributed by atoms with E-state index in [9.17, 15) is 9.59 Å². The Morgan fingerprint density at radius 3 is 2.64 bits per heavy atom. The lowest BCUT2D eigenvalue weighted by molar-refractivity contribution is -0.142. The number of esters is 1. The first-order chi connectivity index (χ1) is 13.5. The highest BCUT2D eigenvalue weighted by molar-refractivity contribution is 6.32. The van der Waals surface area contributed by atoms with Gasteiger partial charge in [0.1, 0.15) is 0 Å². The van der Waals surface area contributed by atoms with Crippen molar-refractivity contribution >= 4 is 29.7 Å². The van der Waals surface area contributed by atoms with Crippen molar-refractivity contribution in [1.29, 1.82) is 0 Å². The number of ether oxygens (including phenoxy) is 3. The Bertz CT molecular complexity index is 883. The maximum Gasteiger partial charge on any atom is 0.343 e. The fourth-order valence-electron chi connectivity index (χ4n) is 2.31. The molecule has 7 nitrogen and oxygen atoms in total. The largest absolute Gasteiger partial charge is 0.490 e. The molecule has 28 heavy (non-hydrogen) atoms. The Labute approximate surface area is 168 Å². The fraction of sp³-hybridized carbons (Fsp3) is 0.250. The molecule has 0 aliphatic heterocycles. The lowest BCUT2D eigenvalue weighted by Gasteiger charge is -2.13. The maximum atomic E-state index is 12.2. The number of rotatable bonds is 8. The van der Waals surface area contributed by atoms with Gasteiger partial charge in [0.05, 0.1) is 25.0 Å². The van der Waals surface area contributed by atoms with Crippen molar-refractivity contribution in [1.82, 2.24) is 5.43 Å². The molecule has 0 atom stereocenters. The number of nitrogens with zero attached hydrogens (tertiary/aromatic N) is 1. The summed E-state index contributed by atoms with van der Waals surface area (Å²) < 4.78 is 15.5. The van der Waals surface area contributed by atoms with Crippen LogP contribution in [-0.2, 0) is 9.53 Å². The Morgan fingerprint density at radius 1 is 1.21 bits per heavy atom. The molecule has 0 unspecified atom stereocenters. The molecule has 148 valence electrons. The van der Waals surface area contributed by atoms with Crippen LogP contribution in [0.3, 0.4) is 0 Å². The molecule has 0 saturated heterocycles. The minimum Gasteiger partial charge on any atom is -0.490 e. The number of hydrogen-bond donors (Lipinski definition) is 1. The summed E-state index contributed by atoms with van der Waals surface area (Å²) in [6.45, 7) is 3.73. The molecule has 0 aromatic heterocycles. The second kappa shape index (κ2) is 10.3. The molecule has 0 radical (unpaired) electrons. The number of benzene rings is 2. The molecule has 0 bridgehead atoms. The van der Waals surface area contributed by atoms with Crippen molar-refractivity contribution in [2.75, 3.05) is 20.3 Å². The van der Waals surface area contributed by atoms with E-state index in [1.807, 2.05) is 19.1 Å². The Balaban J connectivity index is 2.14. The minimum atomic E-state index is -0.539. The van der Waals surface area contributed by atoms with E-state index in [0.717, 1.165) is 5.56 Å². The standard InChI is InChI=1S/C20H21ClN2O5/c1-4-27-17-10-14(9-16(21)19(17)28-12-18(24)26-3)11-22-23-20(25)15-8-6-5-7-13(15)2/h5-11H,4,12H2,1-3H3,(H,23,25)/b22-11+. The topological polar surface area (TPSA) is 86.2 Å². The van der Waals surface area contributed by atoms with Crippen LogP contribution in [0.25, 0.3) is 0 Å². The zero-order chi connectivity index (χ0) is 20.5. The lowest BCUT2D eigenvalue weighted by Crippen LogP contribution is -2.18. The molecule has 2 aromatic carbocycles. The monoisotopic (exact) mass is 404 g/mol. The second-order valence-corrected chi connectivity index (χ2v) is 6.05. The summed E-state index contributed by atoms with van der Waals surface area (Å²) in [6, 6.07) is 10.4. The van der Waals surface area contributed by atoms with E-state index >= 15 is 0 Å². The quantitative estimate of drug-likeness (QED) is 0.414. The van der Waals surface area contributed by atoms with Gasteiger partial charge in [0.25, 0.3) is 5.91 Å². The normalized spacial score (nSPS) is 10.6. The summed E-state index contributed by atoms with van der Waals surface area (Å²) in [5, 5.41) is 4.20. The van der Waals surface area contributed by atoms with Crippen molar-refractivity contribution in [3.8, 4) is 11.5 Å². The Hall–Kier alpha value is -3.06. The van der Waals surface area contributed by atoms with Crippen molar-refractivity contribution in [3.05, 3.63) is 58.1 Å². The highest BCUT2D eigenvalue weighted by Gasteiger charge is 2.14. The third-order valence-corrected chi connectivity index (χ3v) is 3.94. The summed E-state index contributed by atoms with van der Waals surface area (Å²) in [5.74, 6) is -0.271. The van der Waals surface area contributed by atoms with E-state index in [0.29, 0.717) is 23.5 Å². The van der Waals surface area contributed by atoms with Crippen LogP contribution in [0, 0.1) is 6.92 Å². The van der Waals surface area contributed by atoms with Crippen LogP contribution in [0.4, 0.5) is 0 Å². The highest BCUT2D eigenvalue weighted by Crippen LogP contribution is 2.36. The van der Waals surface area contributed by atoms with Gasteiger partial charge in [0.2, 0.25) is 0 Å². The van der Waals surface area contributed by atoms with E-state index in [1.165, 1.54) is 13.3 Å². The molecule has 0 heterocycles. The molecule has 0 spiro atoms. The van der Waals surface area contributed by atoms with Gasteiger partial charge in [-0.3, -0.25) is 4.79 Å². The maximum absolute atomic E-state index is 12.2. The van der Waals surface area contributed by atoms with Crippen molar-refractivity contribution in [2.24, 2.45) is 5.10 Å². The number of carbonyl (C=O) groups excluding carboxylic acids is 2. The predicted molar refractivity (Wildman–Crippen MR) is 106 cm³/mol. The van der Waals surface area contributed by atoms with E-state index in [-0.39, 0.29) is 23.3 Å². The number of carbonyl (C=O) groups is 2. The predicted octanol–water partition coefficient (Wildman–Crippen LogP) is 3.36. The summed E-state index contributed by atoms with van der Waals surface area (Å²) in [6.07, 6.45) is 1.44. The molecule has 0 aliphatic rings. The summed E-state index contributed by atoms with van der Waals surface area (Å²) in [7, 11) is 1.27. The average molecular weight is 405 g/mol. The zero-order valence-corrected chi connectivity index (χ0v) is 16.6. The number of hydrogen-bond acceptors (Lipinski definition) is 6. The first-order valence-electron chi connectivity index (χ1n) is 8.51. The van der Waals surface area contributed by atoms with Crippen LogP contribution < -0.4 is 14.9 Å². The highest BCUT2D eigenvalue weighted by atomic mass is 35.5. The van der Waals surface area contributed by atoms with Gasteiger partial charge < -0.3 is 14.2 Å². The van der Waals surface area contributed by atoms with Crippen LogP contribution in [0.1, 0.15) is 28.4 Å². The minimum absolute atomic E-state index is 0.231. The first-order valence-corrected chi connectivity index (χ1v) is 8.89. The smallest absolute Gasteiger partial charge is 0.343 e. The number of halogens is 1. The molecule has 1 amide bonds. The lowest BCUT2D eigenvalue weighted by atomic mass is 10.1. The van der Waals surface area contributed by atoms with Gasteiger partial charge >= 0.3 is 5.97 Å². The van der Waals surface area contributed by atoms with Gasteiger partial charge in [0.15, 0.2) is 18.1 Å². The van der Waals surface area contributed by atoms with Gasteiger partial charge in [-0.05, 0) is 43.2 Å². The zero-order valence-electron chi connectivity index (χ0n) is 15.8. The molecular weight excluding hydrogens is 384 g/mol. The molecular formula is C20H21ClN2O5. The van der Waals surface area contributed by atoms with Crippen LogP contribution in [0.5, 0.6) is 11.5 Å².